The molecule has 0 aliphatic heterocycles. The van der Waals surface area contributed by atoms with E-state index in [9.17, 15) is 14.4 Å². The molecule has 37 heavy (non-hydrogen) atoms. The number of rotatable bonds is 13. The van der Waals surface area contributed by atoms with E-state index in [2.05, 4.69) is 10.6 Å². The molecule has 1 aliphatic rings. The summed E-state index contributed by atoms with van der Waals surface area (Å²) in [5, 5.41) is 6.53. The quantitative estimate of drug-likeness (QED) is 0.335. The van der Waals surface area contributed by atoms with E-state index in [1.54, 1.807) is 48.5 Å². The highest BCUT2D eigenvalue weighted by molar-refractivity contribution is 6.30. The van der Waals surface area contributed by atoms with Crippen molar-refractivity contribution in [1.82, 2.24) is 10.6 Å². The number of halogens is 1. The summed E-state index contributed by atoms with van der Waals surface area (Å²) in [6, 6.07) is 14.5. The third kappa shape index (κ3) is 8.41. The van der Waals surface area contributed by atoms with Gasteiger partial charge in [0.05, 0.1) is 6.54 Å². The first kappa shape index (κ1) is 28.4. The number of benzene rings is 2. The van der Waals surface area contributed by atoms with Crippen LogP contribution in [0.15, 0.2) is 78.4 Å². The maximum Gasteiger partial charge on any atom is 0.333 e. The number of hydrogen-bond donors (Lipinski definition) is 2. The summed E-state index contributed by atoms with van der Waals surface area (Å²) in [7, 11) is 0. The molecule has 2 aromatic rings. The minimum Gasteiger partial charge on any atom is -0.459 e. The molecule has 0 bridgehead atoms. The number of allylic oxidation sites excluding steroid dienone is 3. The van der Waals surface area contributed by atoms with Gasteiger partial charge in [0.2, 0.25) is 0 Å². The van der Waals surface area contributed by atoms with Gasteiger partial charge in [0, 0.05) is 22.7 Å². The Morgan fingerprint density at radius 2 is 1.68 bits per heavy atom. The van der Waals surface area contributed by atoms with Crippen molar-refractivity contribution < 1.29 is 19.1 Å². The predicted molar refractivity (Wildman–Crippen MR) is 146 cm³/mol. The normalized spacial score (nSPS) is 14.5. The van der Waals surface area contributed by atoms with Crippen LogP contribution in [0.1, 0.15) is 61.5 Å². The summed E-state index contributed by atoms with van der Waals surface area (Å²) >= 11 is 6.05. The van der Waals surface area contributed by atoms with Crippen molar-refractivity contribution in [2.24, 2.45) is 5.92 Å². The standard InChI is InChI=1S/C30H35ClN2O4/c1-3-21(4-2)27(20-32-19-26(34)22-11-7-5-8-12-22)37-30(36)28(23-15-17-25(31)18-16-23)33-29(35)24-13-9-6-10-14-24/h6-7,9-18,21,27-28,32H,3-5,8,19-20H2,1-2H3,(H,33,35)/t27-,28?/m0/s1. The lowest BCUT2D eigenvalue weighted by Crippen LogP contribution is -2.42. The number of nitrogens with one attached hydrogen (secondary N) is 2. The van der Waals surface area contributed by atoms with Crippen molar-refractivity contribution >= 4 is 29.3 Å². The highest BCUT2D eigenvalue weighted by Crippen LogP contribution is 2.23. The number of esters is 1. The van der Waals surface area contributed by atoms with Crippen LogP contribution in [0.4, 0.5) is 0 Å². The van der Waals surface area contributed by atoms with Crippen molar-refractivity contribution in [3.63, 3.8) is 0 Å². The third-order valence-electron chi connectivity index (χ3n) is 6.54. The van der Waals surface area contributed by atoms with Gasteiger partial charge in [-0.15, -0.1) is 0 Å². The monoisotopic (exact) mass is 522 g/mol. The first-order chi connectivity index (χ1) is 17.9. The molecule has 2 N–H and O–H groups in total. The maximum atomic E-state index is 13.5. The molecule has 0 saturated heterocycles. The molecule has 3 rings (SSSR count). The Labute approximate surface area is 224 Å². The van der Waals surface area contributed by atoms with Crippen LogP contribution in [0.2, 0.25) is 5.02 Å². The Balaban J connectivity index is 1.73. The molecule has 0 aromatic heterocycles. The van der Waals surface area contributed by atoms with Gasteiger partial charge in [-0.05, 0) is 61.4 Å². The maximum absolute atomic E-state index is 13.5. The lowest BCUT2D eigenvalue weighted by atomic mass is 9.96. The molecule has 0 heterocycles. The lowest BCUT2D eigenvalue weighted by Gasteiger charge is -2.28. The Kier molecular flexibility index (Phi) is 11.1. The van der Waals surface area contributed by atoms with E-state index in [4.69, 9.17) is 16.3 Å². The van der Waals surface area contributed by atoms with Gasteiger partial charge in [-0.2, -0.15) is 0 Å². The topological polar surface area (TPSA) is 84.5 Å². The van der Waals surface area contributed by atoms with E-state index in [0.29, 0.717) is 28.3 Å². The minimum absolute atomic E-state index is 0.0136. The second kappa shape index (κ2) is 14.5. The zero-order valence-electron chi connectivity index (χ0n) is 21.4. The van der Waals surface area contributed by atoms with Gasteiger partial charge >= 0.3 is 5.97 Å². The number of carbonyl (C=O) groups excluding carboxylic acids is 3. The molecule has 0 spiro atoms. The Hall–Kier alpha value is -3.22. The van der Waals surface area contributed by atoms with Crippen LogP contribution in [0, 0.1) is 5.92 Å². The summed E-state index contributed by atoms with van der Waals surface area (Å²) in [5.74, 6) is -0.834. The van der Waals surface area contributed by atoms with Crippen LogP contribution in [-0.2, 0) is 14.3 Å². The van der Waals surface area contributed by atoms with Gasteiger partial charge in [-0.3, -0.25) is 9.59 Å². The van der Waals surface area contributed by atoms with Gasteiger partial charge in [0.15, 0.2) is 11.8 Å². The Morgan fingerprint density at radius 3 is 2.30 bits per heavy atom. The van der Waals surface area contributed by atoms with Gasteiger partial charge in [0.1, 0.15) is 6.10 Å². The number of amides is 1. The lowest BCUT2D eigenvalue weighted by molar-refractivity contribution is -0.154. The van der Waals surface area contributed by atoms with E-state index < -0.39 is 18.1 Å². The summed E-state index contributed by atoms with van der Waals surface area (Å²) in [5.41, 5.74) is 1.72. The fourth-order valence-corrected chi connectivity index (χ4v) is 4.45. The van der Waals surface area contributed by atoms with E-state index >= 15 is 0 Å². The number of Topliss-reactive ketones (excluding diaryl/α,β-unsaturated/α-hetero) is 1. The average Bonchev–Trinajstić information content (AvgIpc) is 2.93. The molecule has 2 atom stereocenters. The third-order valence-corrected chi connectivity index (χ3v) is 6.79. The van der Waals surface area contributed by atoms with Crippen LogP contribution in [0.5, 0.6) is 0 Å². The van der Waals surface area contributed by atoms with E-state index in [1.165, 1.54) is 0 Å². The van der Waals surface area contributed by atoms with Gasteiger partial charge in [-0.1, -0.05) is 74.0 Å². The molecule has 1 aliphatic carbocycles. The Morgan fingerprint density at radius 1 is 0.973 bits per heavy atom. The molecule has 196 valence electrons. The fraction of sp³-hybridized carbons (Fsp3) is 0.367. The smallest absolute Gasteiger partial charge is 0.333 e. The van der Waals surface area contributed by atoms with Crippen LogP contribution in [0.3, 0.4) is 0 Å². The zero-order valence-corrected chi connectivity index (χ0v) is 22.2. The molecule has 2 aromatic carbocycles. The highest BCUT2D eigenvalue weighted by atomic mass is 35.5. The molecular weight excluding hydrogens is 488 g/mol. The average molecular weight is 523 g/mol. The van der Waals surface area contributed by atoms with E-state index in [-0.39, 0.29) is 24.2 Å². The summed E-state index contributed by atoms with van der Waals surface area (Å²) in [4.78, 5) is 39.0. The van der Waals surface area contributed by atoms with Crippen molar-refractivity contribution in [3.8, 4) is 0 Å². The van der Waals surface area contributed by atoms with E-state index in [0.717, 1.165) is 25.7 Å². The zero-order chi connectivity index (χ0) is 26.6. The number of ether oxygens (including phenoxy) is 1. The second-order valence-electron chi connectivity index (χ2n) is 9.07. The molecule has 1 unspecified atom stereocenters. The van der Waals surface area contributed by atoms with Crippen molar-refractivity contribution in [3.05, 3.63) is 94.5 Å². The van der Waals surface area contributed by atoms with Crippen LogP contribution in [-0.4, -0.2) is 36.9 Å². The molecule has 7 heteroatoms. The second-order valence-corrected chi connectivity index (χ2v) is 9.51. The van der Waals surface area contributed by atoms with Crippen LogP contribution < -0.4 is 10.6 Å². The van der Waals surface area contributed by atoms with Crippen LogP contribution in [0.25, 0.3) is 0 Å². The fourth-order valence-electron chi connectivity index (χ4n) is 4.32. The van der Waals surface area contributed by atoms with Crippen LogP contribution >= 0.6 is 11.6 Å². The predicted octanol–water partition coefficient (Wildman–Crippen LogP) is 5.59. The van der Waals surface area contributed by atoms with Crippen molar-refractivity contribution in [2.45, 2.75) is 51.7 Å². The molecule has 6 nitrogen and oxygen atoms in total. The SMILES string of the molecule is CCC(CC)[C@H](CNCC(=O)C1=CCCC=C1)OC(=O)C(NC(=O)c1ccccc1)c1ccc(Cl)cc1. The van der Waals surface area contributed by atoms with E-state index in [1.807, 2.05) is 38.1 Å². The first-order valence-corrected chi connectivity index (χ1v) is 13.2. The van der Waals surface area contributed by atoms with Gasteiger partial charge in [-0.25, -0.2) is 4.79 Å². The molecule has 0 saturated carbocycles. The molecule has 1 amide bonds. The van der Waals surface area contributed by atoms with Crippen molar-refractivity contribution in [2.75, 3.05) is 13.1 Å². The minimum atomic E-state index is -1.01. The highest BCUT2D eigenvalue weighted by Gasteiger charge is 2.30. The van der Waals surface area contributed by atoms with Gasteiger partial charge in [0.25, 0.3) is 5.91 Å². The molecule has 0 fully saturated rings. The number of hydrogen-bond acceptors (Lipinski definition) is 5. The first-order valence-electron chi connectivity index (χ1n) is 12.8. The number of ketones is 1. The summed E-state index contributed by atoms with van der Waals surface area (Å²) in [6.07, 6.45) is 8.78. The Bertz CT molecular complexity index is 1110. The summed E-state index contributed by atoms with van der Waals surface area (Å²) in [6.45, 7) is 4.59. The molecular formula is C30H35ClN2O4. The largest absolute Gasteiger partial charge is 0.459 e. The number of carbonyl (C=O) groups is 3. The summed E-state index contributed by atoms with van der Waals surface area (Å²) < 4.78 is 6.02. The molecule has 0 radical (unpaired) electrons. The van der Waals surface area contributed by atoms with Crippen molar-refractivity contribution in [1.29, 1.82) is 0 Å². The van der Waals surface area contributed by atoms with Gasteiger partial charge < -0.3 is 15.4 Å².